The fourth-order valence-electron chi connectivity index (χ4n) is 2.23. The van der Waals surface area contributed by atoms with Crippen LogP contribution in [0.4, 0.5) is 10.1 Å². The molecule has 0 saturated carbocycles. The fourth-order valence-corrected chi connectivity index (χ4v) is 2.23. The zero-order valence-electron chi connectivity index (χ0n) is 11.4. The van der Waals surface area contributed by atoms with Crippen LogP contribution in [-0.4, -0.2) is 16.2 Å². The van der Waals surface area contributed by atoms with Crippen molar-refractivity contribution < 1.29 is 18.8 Å². The number of carboxylic acid groups (broad SMARTS) is 1. The van der Waals surface area contributed by atoms with Crippen LogP contribution in [0, 0.1) is 19.7 Å². The molecule has 1 aromatic carbocycles. The Hall–Kier alpha value is -2.37. The number of carbonyl (C=O) groups is 1. The van der Waals surface area contributed by atoms with Crippen molar-refractivity contribution in [2.45, 2.75) is 26.8 Å². The Morgan fingerprint density at radius 3 is 2.70 bits per heavy atom. The Bertz CT molecular complexity index is 632. The van der Waals surface area contributed by atoms with Gasteiger partial charge in [0.25, 0.3) is 0 Å². The zero-order valence-corrected chi connectivity index (χ0v) is 11.4. The van der Waals surface area contributed by atoms with Crippen molar-refractivity contribution in [3.8, 4) is 0 Å². The number of hydrogen-bond acceptors (Lipinski definition) is 4. The SMILES string of the molecule is Cc1noc(C)c1C(C)Nc1ccc(F)cc1C(=O)O. The normalized spacial score (nSPS) is 12.2. The maximum Gasteiger partial charge on any atom is 0.337 e. The third kappa shape index (κ3) is 2.64. The summed E-state index contributed by atoms with van der Waals surface area (Å²) in [6.07, 6.45) is 0. The van der Waals surface area contributed by atoms with Gasteiger partial charge in [0.05, 0.1) is 17.3 Å². The molecule has 2 aromatic rings. The lowest BCUT2D eigenvalue weighted by atomic mass is 10.1. The van der Waals surface area contributed by atoms with Crippen molar-refractivity contribution in [2.75, 3.05) is 5.32 Å². The number of aromatic carboxylic acids is 1. The van der Waals surface area contributed by atoms with Crippen LogP contribution in [0.15, 0.2) is 22.7 Å². The molecular formula is C14H15FN2O3. The van der Waals surface area contributed by atoms with Gasteiger partial charge in [-0.15, -0.1) is 0 Å². The molecule has 0 fully saturated rings. The van der Waals surface area contributed by atoms with Crippen LogP contribution >= 0.6 is 0 Å². The Morgan fingerprint density at radius 2 is 2.15 bits per heavy atom. The molecule has 1 heterocycles. The van der Waals surface area contributed by atoms with Gasteiger partial charge in [0, 0.05) is 11.3 Å². The van der Waals surface area contributed by atoms with Crippen molar-refractivity contribution in [2.24, 2.45) is 0 Å². The van der Waals surface area contributed by atoms with Crippen molar-refractivity contribution in [3.63, 3.8) is 0 Å². The van der Waals surface area contributed by atoms with Gasteiger partial charge >= 0.3 is 5.97 Å². The summed E-state index contributed by atoms with van der Waals surface area (Å²) in [5.74, 6) is -1.10. The number of nitrogens with one attached hydrogen (secondary N) is 1. The van der Waals surface area contributed by atoms with Crippen LogP contribution in [0.3, 0.4) is 0 Å². The molecular weight excluding hydrogens is 263 g/mol. The number of anilines is 1. The highest BCUT2D eigenvalue weighted by Gasteiger charge is 2.19. The molecule has 0 aliphatic carbocycles. The molecule has 0 bridgehead atoms. The van der Waals surface area contributed by atoms with Crippen molar-refractivity contribution in [1.29, 1.82) is 0 Å². The van der Waals surface area contributed by atoms with E-state index in [0.29, 0.717) is 11.4 Å². The van der Waals surface area contributed by atoms with Crippen LogP contribution in [-0.2, 0) is 0 Å². The fraction of sp³-hybridized carbons (Fsp3) is 0.286. The van der Waals surface area contributed by atoms with Crippen LogP contribution in [0.5, 0.6) is 0 Å². The first-order chi connectivity index (χ1) is 9.40. The van der Waals surface area contributed by atoms with E-state index >= 15 is 0 Å². The summed E-state index contributed by atoms with van der Waals surface area (Å²) in [6.45, 7) is 5.46. The molecule has 5 nitrogen and oxygen atoms in total. The van der Waals surface area contributed by atoms with E-state index < -0.39 is 11.8 Å². The van der Waals surface area contributed by atoms with Crippen molar-refractivity contribution in [1.82, 2.24) is 5.16 Å². The summed E-state index contributed by atoms with van der Waals surface area (Å²) in [4.78, 5) is 11.1. The van der Waals surface area contributed by atoms with Crippen LogP contribution in [0.2, 0.25) is 0 Å². The second kappa shape index (κ2) is 5.32. The molecule has 0 amide bonds. The number of carboxylic acids is 1. The van der Waals surface area contributed by atoms with Gasteiger partial charge in [-0.2, -0.15) is 0 Å². The van der Waals surface area contributed by atoms with E-state index in [9.17, 15) is 9.18 Å². The minimum absolute atomic E-state index is 0.108. The standard InChI is InChI=1S/C14H15FN2O3/c1-7(13-8(2)17-20-9(13)3)16-12-5-4-10(15)6-11(12)14(18)19/h4-7,16H,1-3H3,(H,18,19). The average Bonchev–Trinajstić information content (AvgIpc) is 2.71. The van der Waals surface area contributed by atoms with Gasteiger partial charge in [0.15, 0.2) is 0 Å². The van der Waals surface area contributed by atoms with Crippen LogP contribution in [0.25, 0.3) is 0 Å². The molecule has 0 radical (unpaired) electrons. The Kier molecular flexibility index (Phi) is 3.74. The summed E-state index contributed by atoms with van der Waals surface area (Å²) in [7, 11) is 0. The molecule has 0 aliphatic heterocycles. The highest BCUT2D eigenvalue weighted by atomic mass is 19.1. The lowest BCUT2D eigenvalue weighted by Gasteiger charge is -2.17. The van der Waals surface area contributed by atoms with Gasteiger partial charge in [-0.1, -0.05) is 5.16 Å². The van der Waals surface area contributed by atoms with E-state index in [1.54, 1.807) is 6.92 Å². The second-order valence-corrected chi connectivity index (χ2v) is 4.60. The maximum absolute atomic E-state index is 13.1. The summed E-state index contributed by atoms with van der Waals surface area (Å²) in [6, 6.07) is 3.41. The summed E-state index contributed by atoms with van der Waals surface area (Å²) >= 11 is 0. The average molecular weight is 278 g/mol. The summed E-state index contributed by atoms with van der Waals surface area (Å²) in [5.41, 5.74) is 1.85. The highest BCUT2D eigenvalue weighted by molar-refractivity contribution is 5.94. The third-order valence-corrected chi connectivity index (χ3v) is 3.11. The molecule has 20 heavy (non-hydrogen) atoms. The van der Waals surface area contributed by atoms with Gasteiger partial charge in [-0.25, -0.2) is 9.18 Å². The van der Waals surface area contributed by atoms with E-state index in [-0.39, 0.29) is 11.6 Å². The first kappa shape index (κ1) is 14.0. The highest BCUT2D eigenvalue weighted by Crippen LogP contribution is 2.27. The molecule has 0 saturated heterocycles. The molecule has 0 spiro atoms. The molecule has 106 valence electrons. The number of halogens is 1. The maximum atomic E-state index is 13.1. The zero-order chi connectivity index (χ0) is 14.9. The number of benzene rings is 1. The van der Waals surface area contributed by atoms with E-state index in [4.69, 9.17) is 9.63 Å². The van der Waals surface area contributed by atoms with Gasteiger partial charge in [0.1, 0.15) is 11.6 Å². The largest absolute Gasteiger partial charge is 0.478 e. The first-order valence-electron chi connectivity index (χ1n) is 6.12. The quantitative estimate of drug-likeness (QED) is 0.897. The molecule has 2 rings (SSSR count). The van der Waals surface area contributed by atoms with Crippen molar-refractivity contribution >= 4 is 11.7 Å². The number of hydrogen-bond donors (Lipinski definition) is 2. The topological polar surface area (TPSA) is 75.4 Å². The predicted molar refractivity (Wildman–Crippen MR) is 71.4 cm³/mol. The van der Waals surface area contributed by atoms with Crippen LogP contribution in [0.1, 0.15) is 40.3 Å². The van der Waals surface area contributed by atoms with Gasteiger partial charge in [0.2, 0.25) is 0 Å². The van der Waals surface area contributed by atoms with Gasteiger partial charge < -0.3 is 14.9 Å². The second-order valence-electron chi connectivity index (χ2n) is 4.60. The third-order valence-electron chi connectivity index (χ3n) is 3.11. The van der Waals surface area contributed by atoms with Gasteiger partial charge in [-0.3, -0.25) is 0 Å². The number of rotatable bonds is 4. The predicted octanol–water partition coefficient (Wildman–Crippen LogP) is 3.30. The lowest BCUT2D eigenvalue weighted by Crippen LogP contribution is -2.12. The number of nitrogens with zero attached hydrogens (tertiary/aromatic N) is 1. The molecule has 1 unspecified atom stereocenters. The molecule has 1 aromatic heterocycles. The minimum Gasteiger partial charge on any atom is -0.478 e. The molecule has 1 atom stereocenters. The van der Waals surface area contributed by atoms with E-state index in [1.807, 2.05) is 13.8 Å². The summed E-state index contributed by atoms with van der Waals surface area (Å²) in [5, 5.41) is 16.0. The summed E-state index contributed by atoms with van der Waals surface area (Å²) < 4.78 is 18.2. The Labute approximate surface area is 115 Å². The lowest BCUT2D eigenvalue weighted by molar-refractivity contribution is 0.0697. The number of aryl methyl sites for hydroxylation is 2. The van der Waals surface area contributed by atoms with E-state index in [1.165, 1.54) is 12.1 Å². The molecule has 2 N–H and O–H groups in total. The smallest absolute Gasteiger partial charge is 0.337 e. The van der Waals surface area contributed by atoms with E-state index in [0.717, 1.165) is 17.3 Å². The molecule has 0 aliphatic rings. The van der Waals surface area contributed by atoms with E-state index in [2.05, 4.69) is 10.5 Å². The minimum atomic E-state index is -1.18. The molecule has 6 heteroatoms. The number of aromatic nitrogens is 1. The monoisotopic (exact) mass is 278 g/mol. The first-order valence-corrected chi connectivity index (χ1v) is 6.12. The Morgan fingerprint density at radius 1 is 1.45 bits per heavy atom. The van der Waals surface area contributed by atoms with Crippen molar-refractivity contribution in [3.05, 3.63) is 46.6 Å². The van der Waals surface area contributed by atoms with Crippen LogP contribution < -0.4 is 5.32 Å². The van der Waals surface area contributed by atoms with Gasteiger partial charge in [-0.05, 0) is 39.0 Å². The Balaban J connectivity index is 2.33.